The first-order valence-electron chi connectivity index (χ1n) is 5.55. The largest absolute Gasteiger partial charge is 0.493 e. The molecule has 0 bridgehead atoms. The molecule has 0 saturated heterocycles. The van der Waals surface area contributed by atoms with Gasteiger partial charge in [0.1, 0.15) is 12.4 Å². The van der Waals surface area contributed by atoms with E-state index in [1.165, 1.54) is 0 Å². The van der Waals surface area contributed by atoms with Crippen LogP contribution in [0, 0.1) is 0 Å². The number of benzene rings is 1. The Balaban J connectivity index is 1.88. The van der Waals surface area contributed by atoms with Crippen LogP contribution in [-0.2, 0) is 13.0 Å². The molecule has 0 unspecified atom stereocenters. The number of fused-ring (bicyclic) bond motifs is 1. The summed E-state index contributed by atoms with van der Waals surface area (Å²) >= 11 is 0. The van der Waals surface area contributed by atoms with Gasteiger partial charge in [-0.2, -0.15) is 0 Å². The van der Waals surface area contributed by atoms with E-state index in [1.54, 1.807) is 0 Å². The lowest BCUT2D eigenvalue weighted by Crippen LogP contribution is -2.35. The molecule has 5 heteroatoms. The van der Waals surface area contributed by atoms with Gasteiger partial charge in [0, 0.05) is 13.0 Å². The maximum absolute atomic E-state index is 12.7. The molecular weight excluding hydrogens is 228 g/mol. The van der Waals surface area contributed by atoms with Crippen molar-refractivity contribution in [3.05, 3.63) is 29.3 Å². The van der Waals surface area contributed by atoms with E-state index < -0.39 is 19.1 Å². The van der Waals surface area contributed by atoms with Crippen molar-refractivity contribution >= 4 is 0 Å². The Labute approximate surface area is 98.4 Å². The number of ether oxygens (including phenoxy) is 1. The molecule has 0 atom stereocenters. The minimum atomic E-state index is -3.06. The van der Waals surface area contributed by atoms with Gasteiger partial charge in [-0.05, 0) is 17.2 Å². The average Bonchev–Trinajstić information content (AvgIpc) is 2.76. The highest BCUT2D eigenvalue weighted by Crippen LogP contribution is 2.25. The van der Waals surface area contributed by atoms with Crippen LogP contribution in [0.2, 0.25) is 0 Å². The van der Waals surface area contributed by atoms with Crippen LogP contribution in [0.1, 0.15) is 11.1 Å². The van der Waals surface area contributed by atoms with Gasteiger partial charge in [0.25, 0.3) is 5.92 Å². The lowest BCUT2D eigenvalue weighted by atomic mass is 10.1. The second-order valence-corrected chi connectivity index (χ2v) is 4.16. The first-order chi connectivity index (χ1) is 8.11. The third-order valence-corrected chi connectivity index (χ3v) is 2.70. The van der Waals surface area contributed by atoms with Gasteiger partial charge in [0.2, 0.25) is 0 Å². The summed E-state index contributed by atoms with van der Waals surface area (Å²) in [4.78, 5) is 0. The predicted octanol–water partition coefficient (Wildman–Crippen LogP) is 1.34. The Bertz CT molecular complexity index is 396. The molecule has 0 radical (unpaired) electrons. The summed E-state index contributed by atoms with van der Waals surface area (Å²) in [6, 6.07) is 5.68. The molecule has 1 aromatic rings. The molecular formula is C12H15F2NO2. The fourth-order valence-corrected chi connectivity index (χ4v) is 1.80. The Hall–Kier alpha value is -1.20. The second kappa shape index (κ2) is 4.98. The summed E-state index contributed by atoms with van der Waals surface area (Å²) in [6.45, 7) is -0.590. The molecule has 2 rings (SSSR count). The maximum Gasteiger partial charge on any atom is 0.282 e. The monoisotopic (exact) mass is 243 g/mol. The van der Waals surface area contributed by atoms with E-state index in [-0.39, 0.29) is 0 Å². The van der Waals surface area contributed by atoms with E-state index in [0.717, 1.165) is 23.3 Å². The topological polar surface area (TPSA) is 41.5 Å². The van der Waals surface area contributed by atoms with Crippen LogP contribution in [0.25, 0.3) is 0 Å². The van der Waals surface area contributed by atoms with Crippen LogP contribution in [0.3, 0.4) is 0 Å². The van der Waals surface area contributed by atoms with Crippen molar-refractivity contribution in [1.82, 2.24) is 5.32 Å². The quantitative estimate of drug-likeness (QED) is 0.820. The standard InChI is InChI=1S/C12H15F2NO2/c13-12(14,8-16)7-15-6-9-1-2-11-10(5-9)3-4-17-11/h1-2,5,15-16H,3-4,6-8H2. The SMILES string of the molecule is OCC(F)(F)CNCc1ccc2c(c1)CCO2. The third-order valence-electron chi connectivity index (χ3n) is 2.70. The molecule has 0 spiro atoms. The Morgan fingerprint density at radius 2 is 2.24 bits per heavy atom. The molecule has 0 fully saturated rings. The predicted molar refractivity (Wildman–Crippen MR) is 59.4 cm³/mol. The van der Waals surface area contributed by atoms with Gasteiger partial charge in [-0.3, -0.25) is 0 Å². The molecule has 1 aromatic carbocycles. The number of alkyl halides is 2. The summed E-state index contributed by atoms with van der Waals surface area (Å²) in [7, 11) is 0. The van der Waals surface area contributed by atoms with E-state index in [1.807, 2.05) is 18.2 Å². The van der Waals surface area contributed by atoms with Crippen LogP contribution in [0.4, 0.5) is 8.78 Å². The minimum Gasteiger partial charge on any atom is -0.493 e. The molecule has 0 saturated carbocycles. The van der Waals surface area contributed by atoms with Gasteiger partial charge in [0.05, 0.1) is 13.2 Å². The molecule has 17 heavy (non-hydrogen) atoms. The molecule has 2 N–H and O–H groups in total. The van der Waals surface area contributed by atoms with Gasteiger partial charge < -0.3 is 15.2 Å². The first kappa shape index (κ1) is 12.3. The van der Waals surface area contributed by atoms with Crippen LogP contribution in [-0.4, -0.2) is 30.8 Å². The van der Waals surface area contributed by atoms with Gasteiger partial charge in [0.15, 0.2) is 0 Å². The number of hydrogen-bond donors (Lipinski definition) is 2. The van der Waals surface area contributed by atoms with Crippen molar-refractivity contribution in [2.45, 2.75) is 18.9 Å². The summed E-state index contributed by atoms with van der Waals surface area (Å²) in [5.41, 5.74) is 2.07. The minimum absolute atomic E-state index is 0.364. The van der Waals surface area contributed by atoms with E-state index >= 15 is 0 Å². The van der Waals surface area contributed by atoms with E-state index in [9.17, 15) is 8.78 Å². The smallest absolute Gasteiger partial charge is 0.282 e. The second-order valence-electron chi connectivity index (χ2n) is 4.16. The van der Waals surface area contributed by atoms with Crippen molar-refractivity contribution < 1.29 is 18.6 Å². The highest BCUT2D eigenvalue weighted by Gasteiger charge is 2.26. The van der Waals surface area contributed by atoms with Gasteiger partial charge in [-0.25, -0.2) is 8.78 Å². The van der Waals surface area contributed by atoms with Crippen LogP contribution >= 0.6 is 0 Å². The van der Waals surface area contributed by atoms with Crippen molar-refractivity contribution in [3.63, 3.8) is 0 Å². The fourth-order valence-electron chi connectivity index (χ4n) is 1.80. The number of hydrogen-bond acceptors (Lipinski definition) is 3. The summed E-state index contributed by atoms with van der Waals surface area (Å²) in [6.07, 6.45) is 0.871. The normalized spacial score (nSPS) is 14.5. The number of halogens is 2. The molecule has 1 aliphatic heterocycles. The van der Waals surface area contributed by atoms with Crippen LogP contribution in [0.15, 0.2) is 18.2 Å². The molecule has 94 valence electrons. The number of aliphatic hydroxyl groups excluding tert-OH is 1. The average molecular weight is 243 g/mol. The molecule has 1 aliphatic rings. The first-order valence-corrected chi connectivity index (χ1v) is 5.55. The summed E-state index contributed by atoms with van der Waals surface area (Å²) in [5, 5.41) is 11.0. The molecule has 3 nitrogen and oxygen atoms in total. The van der Waals surface area contributed by atoms with Crippen molar-refractivity contribution in [2.24, 2.45) is 0 Å². The number of aliphatic hydroxyl groups is 1. The van der Waals surface area contributed by atoms with Crippen molar-refractivity contribution in [1.29, 1.82) is 0 Å². The highest BCUT2D eigenvalue weighted by molar-refractivity contribution is 5.39. The lowest BCUT2D eigenvalue weighted by Gasteiger charge is -2.14. The number of rotatable bonds is 5. The van der Waals surface area contributed by atoms with Crippen molar-refractivity contribution in [3.8, 4) is 5.75 Å². The Morgan fingerprint density at radius 1 is 1.41 bits per heavy atom. The van der Waals surface area contributed by atoms with Crippen molar-refractivity contribution in [2.75, 3.05) is 19.8 Å². The molecule has 0 aliphatic carbocycles. The zero-order chi connectivity index (χ0) is 12.3. The Morgan fingerprint density at radius 3 is 3.00 bits per heavy atom. The number of nitrogens with one attached hydrogen (secondary N) is 1. The lowest BCUT2D eigenvalue weighted by molar-refractivity contribution is -0.0477. The zero-order valence-electron chi connectivity index (χ0n) is 9.38. The van der Waals surface area contributed by atoms with Crippen LogP contribution in [0.5, 0.6) is 5.75 Å². The van der Waals surface area contributed by atoms with E-state index in [0.29, 0.717) is 13.2 Å². The zero-order valence-corrected chi connectivity index (χ0v) is 9.38. The van der Waals surface area contributed by atoms with Gasteiger partial charge in [-0.1, -0.05) is 12.1 Å². The van der Waals surface area contributed by atoms with Gasteiger partial charge >= 0.3 is 0 Å². The molecule has 0 amide bonds. The third kappa shape index (κ3) is 3.14. The van der Waals surface area contributed by atoms with Crippen LogP contribution < -0.4 is 10.1 Å². The fraction of sp³-hybridized carbons (Fsp3) is 0.500. The van der Waals surface area contributed by atoms with E-state index in [2.05, 4.69) is 5.32 Å². The summed E-state index contributed by atoms with van der Waals surface area (Å²) < 4.78 is 30.8. The molecule has 1 heterocycles. The van der Waals surface area contributed by atoms with E-state index in [4.69, 9.17) is 9.84 Å². The maximum atomic E-state index is 12.7. The summed E-state index contributed by atoms with van der Waals surface area (Å²) in [5.74, 6) is -2.17. The van der Waals surface area contributed by atoms with Gasteiger partial charge in [-0.15, -0.1) is 0 Å². The molecule has 0 aromatic heterocycles. The Kier molecular flexibility index (Phi) is 3.59. The highest BCUT2D eigenvalue weighted by atomic mass is 19.3.